The number of aryl methyl sites for hydroxylation is 1. The number of methoxy groups -OCH3 is 2. The molecule has 3 rings (SSSR count). The van der Waals surface area contributed by atoms with Gasteiger partial charge in [-0.2, -0.15) is 0 Å². The molecule has 28 heavy (non-hydrogen) atoms. The van der Waals surface area contributed by atoms with Crippen LogP contribution in [0.1, 0.15) is 16.1 Å². The van der Waals surface area contributed by atoms with Crippen LogP contribution in [-0.2, 0) is 0 Å². The van der Waals surface area contributed by atoms with E-state index in [0.717, 1.165) is 5.56 Å². The van der Waals surface area contributed by atoms with Crippen molar-refractivity contribution in [3.8, 4) is 11.5 Å². The number of rotatable bonds is 6. The van der Waals surface area contributed by atoms with Crippen LogP contribution in [0.4, 0.5) is 17.3 Å². The molecule has 0 aliphatic carbocycles. The molecule has 0 saturated heterocycles. The van der Waals surface area contributed by atoms with E-state index in [1.807, 2.05) is 25.1 Å². The Hall–Kier alpha value is -3.32. The smallest absolute Gasteiger partial charge is 0.274 e. The summed E-state index contributed by atoms with van der Waals surface area (Å²) in [5.74, 6) is 0.999. The van der Waals surface area contributed by atoms with Crippen molar-refractivity contribution in [2.45, 2.75) is 6.92 Å². The largest absolute Gasteiger partial charge is 0.495 e. The van der Waals surface area contributed by atoms with E-state index in [2.05, 4.69) is 20.6 Å². The molecule has 8 heteroatoms. The molecule has 1 amide bonds. The Kier molecular flexibility index (Phi) is 5.96. The van der Waals surface area contributed by atoms with Gasteiger partial charge in [0.2, 0.25) is 5.95 Å². The Balaban J connectivity index is 1.83. The first-order valence-electron chi connectivity index (χ1n) is 8.39. The van der Waals surface area contributed by atoms with Crippen molar-refractivity contribution >= 4 is 34.8 Å². The molecule has 2 aromatic carbocycles. The molecule has 0 aliphatic rings. The van der Waals surface area contributed by atoms with E-state index in [1.165, 1.54) is 19.4 Å². The number of hydrogen-bond acceptors (Lipinski definition) is 6. The number of benzene rings is 2. The second-order valence-electron chi connectivity index (χ2n) is 5.89. The Bertz CT molecular complexity index is 1010. The summed E-state index contributed by atoms with van der Waals surface area (Å²) in [6.45, 7) is 1.97. The zero-order chi connectivity index (χ0) is 20.1. The maximum absolute atomic E-state index is 12.6. The third-order valence-electron chi connectivity index (χ3n) is 3.90. The van der Waals surface area contributed by atoms with Gasteiger partial charge in [-0.15, -0.1) is 0 Å². The van der Waals surface area contributed by atoms with Gasteiger partial charge in [0.15, 0.2) is 0 Å². The Labute approximate surface area is 167 Å². The molecule has 1 aromatic heterocycles. The number of amides is 1. The van der Waals surface area contributed by atoms with Gasteiger partial charge in [-0.3, -0.25) is 4.79 Å². The van der Waals surface area contributed by atoms with Crippen LogP contribution in [0.2, 0.25) is 5.02 Å². The number of nitrogens with zero attached hydrogens (tertiary/aromatic N) is 2. The highest BCUT2D eigenvalue weighted by Crippen LogP contribution is 2.29. The highest BCUT2D eigenvalue weighted by atomic mass is 35.5. The van der Waals surface area contributed by atoms with E-state index in [4.69, 9.17) is 21.1 Å². The number of carbonyl (C=O) groups is 1. The molecule has 0 saturated carbocycles. The SMILES string of the molecule is COc1ccc(Cl)cc1NC(=O)c1ccnc(Nc2cc(C)ccc2OC)n1. The van der Waals surface area contributed by atoms with Crippen LogP contribution in [0.3, 0.4) is 0 Å². The lowest BCUT2D eigenvalue weighted by molar-refractivity contribution is 0.102. The molecule has 1 heterocycles. The predicted octanol–water partition coefficient (Wildman–Crippen LogP) is 4.45. The molecular weight excluding hydrogens is 380 g/mol. The maximum atomic E-state index is 12.6. The molecule has 0 aliphatic heterocycles. The highest BCUT2D eigenvalue weighted by Gasteiger charge is 2.13. The lowest BCUT2D eigenvalue weighted by Gasteiger charge is -2.12. The summed E-state index contributed by atoms with van der Waals surface area (Å²) >= 11 is 6.01. The summed E-state index contributed by atoms with van der Waals surface area (Å²) in [5.41, 5.74) is 2.39. The molecule has 0 fully saturated rings. The number of carbonyl (C=O) groups excluding carboxylic acids is 1. The van der Waals surface area contributed by atoms with E-state index in [9.17, 15) is 4.79 Å². The Morgan fingerprint density at radius 2 is 1.71 bits per heavy atom. The second-order valence-corrected chi connectivity index (χ2v) is 6.33. The minimum Gasteiger partial charge on any atom is -0.495 e. The van der Waals surface area contributed by atoms with Crippen molar-refractivity contribution in [1.82, 2.24) is 9.97 Å². The second kappa shape index (κ2) is 8.58. The highest BCUT2D eigenvalue weighted by molar-refractivity contribution is 6.31. The van der Waals surface area contributed by atoms with Crippen LogP contribution < -0.4 is 20.1 Å². The minimum atomic E-state index is -0.415. The quantitative estimate of drug-likeness (QED) is 0.638. The minimum absolute atomic E-state index is 0.186. The number of halogens is 1. The molecular formula is C20H19ClN4O3. The number of hydrogen-bond donors (Lipinski definition) is 2. The van der Waals surface area contributed by atoms with Gasteiger partial charge in [0.1, 0.15) is 17.2 Å². The first-order valence-corrected chi connectivity index (χ1v) is 8.77. The third-order valence-corrected chi connectivity index (χ3v) is 4.13. The number of ether oxygens (including phenoxy) is 2. The van der Waals surface area contributed by atoms with Crippen molar-refractivity contribution in [2.24, 2.45) is 0 Å². The van der Waals surface area contributed by atoms with Gasteiger partial charge in [0.25, 0.3) is 5.91 Å². The lowest BCUT2D eigenvalue weighted by atomic mass is 10.2. The van der Waals surface area contributed by atoms with E-state index >= 15 is 0 Å². The van der Waals surface area contributed by atoms with Gasteiger partial charge in [0, 0.05) is 11.2 Å². The van der Waals surface area contributed by atoms with Gasteiger partial charge < -0.3 is 20.1 Å². The van der Waals surface area contributed by atoms with Crippen molar-refractivity contribution in [2.75, 3.05) is 24.9 Å². The van der Waals surface area contributed by atoms with Gasteiger partial charge in [-0.05, 0) is 48.9 Å². The van der Waals surface area contributed by atoms with Crippen LogP contribution in [-0.4, -0.2) is 30.1 Å². The molecule has 0 radical (unpaired) electrons. The van der Waals surface area contributed by atoms with Gasteiger partial charge in [0.05, 0.1) is 25.6 Å². The fraction of sp³-hybridized carbons (Fsp3) is 0.150. The normalized spacial score (nSPS) is 10.3. The monoisotopic (exact) mass is 398 g/mol. The van der Waals surface area contributed by atoms with E-state index in [0.29, 0.717) is 27.9 Å². The van der Waals surface area contributed by atoms with Crippen molar-refractivity contribution in [3.63, 3.8) is 0 Å². The van der Waals surface area contributed by atoms with Gasteiger partial charge >= 0.3 is 0 Å². The van der Waals surface area contributed by atoms with Crippen LogP contribution in [0.5, 0.6) is 11.5 Å². The summed E-state index contributed by atoms with van der Waals surface area (Å²) in [5, 5.41) is 6.31. The average molecular weight is 399 g/mol. The van der Waals surface area contributed by atoms with Gasteiger partial charge in [-0.1, -0.05) is 17.7 Å². The summed E-state index contributed by atoms with van der Waals surface area (Å²) in [6, 6.07) is 12.2. The summed E-state index contributed by atoms with van der Waals surface area (Å²) < 4.78 is 10.6. The van der Waals surface area contributed by atoms with Crippen molar-refractivity contribution in [1.29, 1.82) is 0 Å². The molecule has 144 valence electrons. The van der Waals surface area contributed by atoms with Crippen molar-refractivity contribution in [3.05, 3.63) is 64.9 Å². The van der Waals surface area contributed by atoms with Gasteiger partial charge in [-0.25, -0.2) is 9.97 Å². The van der Waals surface area contributed by atoms with E-state index in [1.54, 1.807) is 25.3 Å². The average Bonchev–Trinajstić information content (AvgIpc) is 2.68. The summed E-state index contributed by atoms with van der Waals surface area (Å²) in [6.07, 6.45) is 1.50. The summed E-state index contributed by atoms with van der Waals surface area (Å²) in [7, 11) is 3.10. The predicted molar refractivity (Wildman–Crippen MR) is 109 cm³/mol. The number of nitrogens with one attached hydrogen (secondary N) is 2. The topological polar surface area (TPSA) is 85.4 Å². The molecule has 2 N–H and O–H groups in total. The molecule has 3 aromatic rings. The van der Waals surface area contributed by atoms with Crippen LogP contribution in [0.15, 0.2) is 48.7 Å². The lowest BCUT2D eigenvalue weighted by Crippen LogP contribution is -2.15. The molecule has 0 bridgehead atoms. The van der Waals surface area contributed by atoms with Crippen LogP contribution in [0, 0.1) is 6.92 Å². The number of aromatic nitrogens is 2. The molecule has 0 spiro atoms. The Morgan fingerprint density at radius 1 is 1.00 bits per heavy atom. The maximum Gasteiger partial charge on any atom is 0.274 e. The van der Waals surface area contributed by atoms with Crippen LogP contribution >= 0.6 is 11.6 Å². The number of anilines is 3. The standard InChI is InChI=1S/C20H19ClN4O3/c1-12-4-6-17(27-2)15(10-12)25-20-22-9-8-14(24-20)19(26)23-16-11-13(21)5-7-18(16)28-3/h4-11H,1-3H3,(H,23,26)(H,22,24,25). The fourth-order valence-electron chi connectivity index (χ4n) is 2.55. The van der Waals surface area contributed by atoms with Crippen molar-refractivity contribution < 1.29 is 14.3 Å². The van der Waals surface area contributed by atoms with Crippen LogP contribution in [0.25, 0.3) is 0 Å². The fourth-order valence-corrected chi connectivity index (χ4v) is 2.72. The zero-order valence-corrected chi connectivity index (χ0v) is 16.4. The van der Waals surface area contributed by atoms with E-state index in [-0.39, 0.29) is 11.6 Å². The molecule has 7 nitrogen and oxygen atoms in total. The first kappa shape index (κ1) is 19.4. The third kappa shape index (κ3) is 4.50. The molecule has 0 unspecified atom stereocenters. The zero-order valence-electron chi connectivity index (χ0n) is 15.6. The summed E-state index contributed by atoms with van der Waals surface area (Å²) in [4.78, 5) is 21.1. The first-order chi connectivity index (χ1) is 13.5. The molecule has 0 atom stereocenters. The van der Waals surface area contributed by atoms with E-state index < -0.39 is 5.91 Å². The Morgan fingerprint density at radius 3 is 2.46 bits per heavy atom.